The maximum Gasteiger partial charge on any atom is 0.290 e. The van der Waals surface area contributed by atoms with Crippen LogP contribution < -0.4 is 5.32 Å². The number of thioether (sulfide) groups is 1. The molecular formula is C21H35N5O4S. The second-order valence-electron chi connectivity index (χ2n) is 8.30. The van der Waals surface area contributed by atoms with Gasteiger partial charge in [0.25, 0.3) is 6.47 Å². The predicted octanol–water partition coefficient (Wildman–Crippen LogP) is 1.01. The first-order chi connectivity index (χ1) is 15.0. The second kappa shape index (κ2) is 13.4. The summed E-state index contributed by atoms with van der Waals surface area (Å²) in [4.78, 5) is 37.6. The molecule has 9 nitrogen and oxygen atoms in total. The van der Waals surface area contributed by atoms with Crippen LogP contribution in [0, 0.1) is 11.8 Å². The number of nitrogens with zero attached hydrogens (tertiary/aromatic N) is 4. The van der Waals surface area contributed by atoms with E-state index in [4.69, 9.17) is 9.90 Å². The van der Waals surface area contributed by atoms with E-state index in [1.807, 2.05) is 29.4 Å². The van der Waals surface area contributed by atoms with Gasteiger partial charge in [-0.05, 0) is 51.0 Å². The number of likely N-dealkylation sites (tertiary alicyclic amines) is 2. The van der Waals surface area contributed by atoms with Crippen molar-refractivity contribution in [2.24, 2.45) is 11.8 Å². The Balaban J connectivity index is 0.00000107. The first-order valence-electron chi connectivity index (χ1n) is 10.8. The fourth-order valence-corrected chi connectivity index (χ4v) is 4.74. The van der Waals surface area contributed by atoms with Gasteiger partial charge in [-0.15, -0.1) is 0 Å². The fourth-order valence-electron chi connectivity index (χ4n) is 4.40. The van der Waals surface area contributed by atoms with E-state index in [2.05, 4.69) is 27.3 Å². The molecule has 2 amide bonds. The number of carbonyl (C=O) groups is 3. The minimum atomic E-state index is -0.250. The molecule has 2 fully saturated rings. The number of nitrogens with one attached hydrogen (secondary N) is 1. The molecule has 0 aromatic carbocycles. The third-order valence-corrected chi connectivity index (χ3v) is 6.40. The van der Waals surface area contributed by atoms with E-state index in [1.165, 1.54) is 11.8 Å². The molecule has 2 aliphatic heterocycles. The van der Waals surface area contributed by atoms with Gasteiger partial charge < -0.3 is 20.2 Å². The second-order valence-corrected chi connectivity index (χ2v) is 9.16. The van der Waals surface area contributed by atoms with Gasteiger partial charge in [0.15, 0.2) is 0 Å². The van der Waals surface area contributed by atoms with Crippen LogP contribution in [0.3, 0.4) is 0 Å². The van der Waals surface area contributed by atoms with Gasteiger partial charge in [0.05, 0.1) is 11.7 Å². The lowest BCUT2D eigenvalue weighted by atomic mass is 9.94. The number of rotatable bonds is 6. The minimum absolute atomic E-state index is 0.0371. The van der Waals surface area contributed by atoms with Crippen molar-refractivity contribution in [3.05, 3.63) is 18.5 Å². The SMILES string of the molecule is CSCC(=O)N[C@H]1CC[C@@H](C(=O)N2CCC(Cn3cccn3)CC2)CN(C)C1.O=CO. The average Bonchev–Trinajstić information content (AvgIpc) is 3.17. The molecule has 0 unspecified atom stereocenters. The Morgan fingerprint density at radius 1 is 1.23 bits per heavy atom. The first-order valence-corrected chi connectivity index (χ1v) is 12.2. The summed E-state index contributed by atoms with van der Waals surface area (Å²) in [6, 6.07) is 2.10. The molecule has 0 saturated carbocycles. The van der Waals surface area contributed by atoms with Crippen LogP contribution in [0.25, 0.3) is 0 Å². The summed E-state index contributed by atoms with van der Waals surface area (Å²) in [5, 5.41) is 14.3. The molecule has 31 heavy (non-hydrogen) atoms. The third kappa shape index (κ3) is 8.53. The molecular weight excluding hydrogens is 418 g/mol. The highest BCUT2D eigenvalue weighted by Gasteiger charge is 2.32. The Morgan fingerprint density at radius 2 is 1.94 bits per heavy atom. The highest BCUT2D eigenvalue weighted by Crippen LogP contribution is 2.24. The average molecular weight is 454 g/mol. The third-order valence-electron chi connectivity index (χ3n) is 5.85. The van der Waals surface area contributed by atoms with Crippen LogP contribution >= 0.6 is 11.8 Å². The van der Waals surface area contributed by atoms with Crippen LogP contribution in [0.2, 0.25) is 0 Å². The lowest BCUT2D eigenvalue weighted by Crippen LogP contribution is -2.45. The standard InChI is InChI=1S/C20H33N5O2S.CH2O2/c1-23-13-17(4-5-18(14-23)22-19(26)15-28-2)20(27)24-10-6-16(7-11-24)12-25-9-3-8-21-25;2-1-3/h3,8-9,16-18H,4-7,10-15H2,1-2H3,(H,22,26);1H,(H,2,3)/t17-,18+;/m1./s1. The normalized spacial score (nSPS) is 22.7. The lowest BCUT2D eigenvalue weighted by molar-refractivity contribution is -0.137. The van der Waals surface area contributed by atoms with Gasteiger partial charge in [-0.3, -0.25) is 19.1 Å². The molecule has 0 spiro atoms. The van der Waals surface area contributed by atoms with Gasteiger partial charge in [-0.1, -0.05) is 0 Å². The molecule has 0 bridgehead atoms. The summed E-state index contributed by atoms with van der Waals surface area (Å²) < 4.78 is 1.99. The van der Waals surface area contributed by atoms with Crippen LogP contribution in [0.4, 0.5) is 0 Å². The van der Waals surface area contributed by atoms with E-state index >= 15 is 0 Å². The van der Waals surface area contributed by atoms with Gasteiger partial charge in [-0.2, -0.15) is 16.9 Å². The van der Waals surface area contributed by atoms with Crippen molar-refractivity contribution in [2.75, 3.05) is 45.2 Å². The van der Waals surface area contributed by atoms with Gasteiger partial charge >= 0.3 is 0 Å². The van der Waals surface area contributed by atoms with Crippen molar-refractivity contribution in [2.45, 2.75) is 38.3 Å². The highest BCUT2D eigenvalue weighted by molar-refractivity contribution is 7.99. The van der Waals surface area contributed by atoms with Crippen molar-refractivity contribution in [3.8, 4) is 0 Å². The topological polar surface area (TPSA) is 108 Å². The zero-order chi connectivity index (χ0) is 22.6. The molecule has 1 aromatic rings. The van der Waals surface area contributed by atoms with E-state index in [0.29, 0.717) is 17.6 Å². The van der Waals surface area contributed by atoms with Crippen LogP contribution in [0.1, 0.15) is 25.7 Å². The van der Waals surface area contributed by atoms with Crippen molar-refractivity contribution < 1.29 is 19.5 Å². The predicted molar refractivity (Wildman–Crippen MR) is 121 cm³/mol. The van der Waals surface area contributed by atoms with Crippen LogP contribution in [0.5, 0.6) is 0 Å². The number of hydrogen-bond donors (Lipinski definition) is 2. The zero-order valence-electron chi connectivity index (χ0n) is 18.5. The number of amides is 2. The van der Waals surface area contributed by atoms with Crippen LogP contribution in [-0.2, 0) is 20.9 Å². The Morgan fingerprint density at radius 3 is 2.55 bits per heavy atom. The molecule has 3 heterocycles. The summed E-state index contributed by atoms with van der Waals surface area (Å²) >= 11 is 1.54. The number of aromatic nitrogens is 2. The number of carboxylic acid groups (broad SMARTS) is 1. The molecule has 0 aliphatic carbocycles. The minimum Gasteiger partial charge on any atom is -0.483 e. The molecule has 2 N–H and O–H groups in total. The number of likely N-dealkylation sites (N-methyl/N-ethyl adjacent to an activating group) is 1. The van der Waals surface area contributed by atoms with E-state index in [-0.39, 0.29) is 24.3 Å². The molecule has 2 atom stereocenters. The molecule has 10 heteroatoms. The highest BCUT2D eigenvalue weighted by atomic mass is 32.2. The molecule has 0 radical (unpaired) electrons. The summed E-state index contributed by atoms with van der Waals surface area (Å²) in [7, 11) is 2.05. The van der Waals surface area contributed by atoms with Crippen molar-refractivity contribution in [1.29, 1.82) is 0 Å². The molecule has 174 valence electrons. The van der Waals surface area contributed by atoms with E-state index in [1.54, 1.807) is 0 Å². The van der Waals surface area contributed by atoms with Crippen LogP contribution in [-0.4, -0.2) is 94.3 Å². The summed E-state index contributed by atoms with van der Waals surface area (Å²) in [5.41, 5.74) is 0. The van der Waals surface area contributed by atoms with Crippen molar-refractivity contribution in [1.82, 2.24) is 24.9 Å². The summed E-state index contributed by atoms with van der Waals surface area (Å²) in [5.74, 6) is 1.51. The summed E-state index contributed by atoms with van der Waals surface area (Å²) in [6.07, 6.45) is 9.57. The molecule has 2 saturated heterocycles. The number of hydrogen-bond acceptors (Lipinski definition) is 6. The zero-order valence-corrected chi connectivity index (χ0v) is 19.3. The first kappa shape index (κ1) is 25.2. The monoisotopic (exact) mass is 453 g/mol. The maximum atomic E-state index is 13.1. The Labute approximate surface area is 188 Å². The fraction of sp³-hybridized carbons (Fsp3) is 0.714. The van der Waals surface area contributed by atoms with Crippen LogP contribution in [0.15, 0.2) is 18.5 Å². The Kier molecular flexibility index (Phi) is 10.9. The smallest absolute Gasteiger partial charge is 0.290 e. The van der Waals surface area contributed by atoms with Gasteiger partial charge in [-0.25, -0.2) is 0 Å². The summed E-state index contributed by atoms with van der Waals surface area (Å²) in [6.45, 7) is 3.98. The quantitative estimate of drug-likeness (QED) is 0.619. The van der Waals surface area contributed by atoms with Gasteiger partial charge in [0.2, 0.25) is 11.8 Å². The lowest BCUT2D eigenvalue weighted by Gasteiger charge is -2.34. The Bertz CT molecular complexity index is 679. The van der Waals surface area contributed by atoms with Gasteiger partial charge in [0, 0.05) is 51.2 Å². The molecule has 2 aliphatic rings. The van der Waals surface area contributed by atoms with E-state index < -0.39 is 0 Å². The number of piperidine rings is 1. The Hall–Kier alpha value is -2.07. The van der Waals surface area contributed by atoms with Crippen molar-refractivity contribution >= 4 is 30.0 Å². The van der Waals surface area contributed by atoms with Crippen molar-refractivity contribution in [3.63, 3.8) is 0 Å². The largest absolute Gasteiger partial charge is 0.483 e. The van der Waals surface area contributed by atoms with Gasteiger partial charge in [0.1, 0.15) is 0 Å². The van der Waals surface area contributed by atoms with E-state index in [9.17, 15) is 9.59 Å². The number of carbonyl (C=O) groups excluding carboxylic acids is 2. The molecule has 3 rings (SSSR count). The molecule has 1 aromatic heterocycles. The maximum absolute atomic E-state index is 13.1. The van der Waals surface area contributed by atoms with E-state index in [0.717, 1.165) is 58.4 Å².